The van der Waals surface area contributed by atoms with Crippen LogP contribution in [0, 0.1) is 0 Å². The van der Waals surface area contributed by atoms with Gasteiger partial charge in [0.25, 0.3) is 0 Å². The first-order valence-corrected chi connectivity index (χ1v) is 8.08. The highest BCUT2D eigenvalue weighted by Gasteiger charge is 2.27. The van der Waals surface area contributed by atoms with Crippen molar-refractivity contribution in [1.29, 1.82) is 0 Å². The molecule has 1 saturated heterocycles. The molecule has 2 rings (SSSR count). The van der Waals surface area contributed by atoms with E-state index in [9.17, 15) is 0 Å². The second-order valence-corrected chi connectivity index (χ2v) is 6.69. The second-order valence-electron chi connectivity index (χ2n) is 5.42. The second kappa shape index (κ2) is 6.27. The van der Waals surface area contributed by atoms with E-state index < -0.39 is 0 Å². The Morgan fingerprint density at radius 3 is 2.81 bits per heavy atom. The van der Waals surface area contributed by atoms with Crippen LogP contribution in [0.2, 0.25) is 0 Å². The highest BCUT2D eigenvalue weighted by molar-refractivity contribution is 7.99. The molecule has 1 saturated carbocycles. The van der Waals surface area contributed by atoms with Gasteiger partial charge in [0.15, 0.2) is 0 Å². The van der Waals surface area contributed by atoms with Crippen LogP contribution in [0.4, 0.5) is 0 Å². The summed E-state index contributed by atoms with van der Waals surface area (Å²) in [6.07, 6.45) is 9.18. The lowest BCUT2D eigenvalue weighted by Crippen LogP contribution is -2.46. The van der Waals surface area contributed by atoms with Crippen LogP contribution < -0.4 is 5.32 Å². The average Bonchev–Trinajstić information content (AvgIpc) is 3.10. The van der Waals surface area contributed by atoms with Crippen molar-refractivity contribution in [1.82, 2.24) is 10.2 Å². The molecule has 2 atom stereocenters. The summed E-state index contributed by atoms with van der Waals surface area (Å²) in [5, 5.41) is 4.59. The Kier molecular flexibility index (Phi) is 4.98. The van der Waals surface area contributed by atoms with Crippen LogP contribution in [0.15, 0.2) is 0 Å². The highest BCUT2D eigenvalue weighted by Crippen LogP contribution is 2.22. The molecule has 0 bridgehead atoms. The third-order valence-electron chi connectivity index (χ3n) is 3.81. The summed E-state index contributed by atoms with van der Waals surface area (Å²) in [7, 11) is 0. The Labute approximate surface area is 105 Å². The quantitative estimate of drug-likeness (QED) is 0.770. The molecule has 1 N–H and O–H groups in total. The zero-order chi connectivity index (χ0) is 11.4. The predicted octanol–water partition coefficient (Wildman–Crippen LogP) is 2.34. The summed E-state index contributed by atoms with van der Waals surface area (Å²) < 4.78 is 0. The minimum Gasteiger partial charge on any atom is -0.310 e. The van der Waals surface area contributed by atoms with Crippen molar-refractivity contribution in [3.63, 3.8) is 0 Å². The van der Waals surface area contributed by atoms with Crippen LogP contribution in [-0.2, 0) is 0 Å². The van der Waals surface area contributed by atoms with E-state index in [4.69, 9.17) is 0 Å². The monoisotopic (exact) mass is 242 g/mol. The van der Waals surface area contributed by atoms with Crippen molar-refractivity contribution in [3.8, 4) is 0 Å². The van der Waals surface area contributed by atoms with Crippen molar-refractivity contribution < 1.29 is 0 Å². The fraction of sp³-hybridized carbons (Fsp3) is 1.00. The highest BCUT2D eigenvalue weighted by atomic mass is 32.2. The van der Waals surface area contributed by atoms with E-state index in [1.54, 1.807) is 0 Å². The summed E-state index contributed by atoms with van der Waals surface area (Å²) in [5.41, 5.74) is 0. The van der Waals surface area contributed by atoms with Gasteiger partial charge < -0.3 is 10.2 Å². The summed E-state index contributed by atoms with van der Waals surface area (Å²) >= 11 is 1.99. The van der Waals surface area contributed by atoms with E-state index in [0.717, 1.165) is 17.3 Å². The maximum absolute atomic E-state index is 3.78. The number of nitrogens with one attached hydrogen (secondary N) is 1. The van der Waals surface area contributed by atoms with E-state index in [1.165, 1.54) is 51.7 Å². The number of piperidine rings is 1. The van der Waals surface area contributed by atoms with Crippen molar-refractivity contribution in [3.05, 3.63) is 0 Å². The molecule has 2 fully saturated rings. The molecule has 0 aromatic rings. The molecule has 0 amide bonds. The lowest BCUT2D eigenvalue weighted by atomic mass is 10.1. The number of hydrogen-bond donors (Lipinski definition) is 1. The molecule has 3 heteroatoms. The topological polar surface area (TPSA) is 15.3 Å². The van der Waals surface area contributed by atoms with E-state index in [2.05, 4.69) is 23.4 Å². The molecule has 1 aliphatic heterocycles. The summed E-state index contributed by atoms with van der Waals surface area (Å²) in [6.45, 7) is 6.25. The molecule has 2 nitrogen and oxygen atoms in total. The molecule has 1 heterocycles. The summed E-state index contributed by atoms with van der Waals surface area (Å²) in [6, 6.07) is 1.65. The third-order valence-corrected chi connectivity index (χ3v) is 4.85. The Bertz CT molecular complexity index is 206. The van der Waals surface area contributed by atoms with Gasteiger partial charge in [-0.3, -0.25) is 0 Å². The lowest BCUT2D eigenvalue weighted by molar-refractivity contribution is 0.188. The third kappa shape index (κ3) is 4.27. The number of likely N-dealkylation sites (tertiary alicyclic amines) is 1. The van der Waals surface area contributed by atoms with Crippen molar-refractivity contribution in [2.24, 2.45) is 0 Å². The van der Waals surface area contributed by atoms with Crippen molar-refractivity contribution in [2.45, 2.75) is 56.4 Å². The minimum atomic E-state index is 0.783. The van der Waals surface area contributed by atoms with Crippen LogP contribution in [0.3, 0.4) is 0 Å². The molecule has 94 valence electrons. The number of nitrogens with zero attached hydrogens (tertiary/aromatic N) is 1. The predicted molar refractivity (Wildman–Crippen MR) is 73.2 cm³/mol. The van der Waals surface area contributed by atoms with Gasteiger partial charge in [-0.15, -0.1) is 0 Å². The molecule has 0 aromatic heterocycles. The molecule has 0 spiro atoms. The maximum atomic E-state index is 3.78. The minimum absolute atomic E-state index is 0.783. The van der Waals surface area contributed by atoms with Crippen LogP contribution in [-0.4, -0.2) is 48.1 Å². The van der Waals surface area contributed by atoms with Gasteiger partial charge >= 0.3 is 0 Å². The van der Waals surface area contributed by atoms with Gasteiger partial charge in [-0.25, -0.2) is 0 Å². The van der Waals surface area contributed by atoms with Gasteiger partial charge in [0, 0.05) is 23.9 Å². The first-order valence-electron chi connectivity index (χ1n) is 6.79. The lowest BCUT2D eigenvalue weighted by Gasteiger charge is -2.33. The maximum Gasteiger partial charge on any atom is 0.0198 e. The van der Waals surface area contributed by atoms with Crippen LogP contribution in [0.5, 0.6) is 0 Å². The Hall–Kier alpha value is 0.270. The van der Waals surface area contributed by atoms with E-state index in [0.29, 0.717) is 0 Å². The van der Waals surface area contributed by atoms with Gasteiger partial charge in [-0.1, -0.05) is 6.92 Å². The Morgan fingerprint density at radius 1 is 1.31 bits per heavy atom. The van der Waals surface area contributed by atoms with Gasteiger partial charge in [0.2, 0.25) is 0 Å². The zero-order valence-electron chi connectivity index (χ0n) is 10.7. The Balaban J connectivity index is 1.64. The number of rotatable bonds is 6. The molecule has 2 aliphatic rings. The molecule has 0 radical (unpaired) electrons. The van der Waals surface area contributed by atoms with Crippen molar-refractivity contribution in [2.75, 3.05) is 25.9 Å². The van der Waals surface area contributed by atoms with E-state index in [1.807, 2.05) is 11.8 Å². The first kappa shape index (κ1) is 12.7. The van der Waals surface area contributed by atoms with Gasteiger partial charge in [0.05, 0.1) is 0 Å². The summed E-state index contributed by atoms with van der Waals surface area (Å²) in [5.74, 6) is 0. The van der Waals surface area contributed by atoms with E-state index >= 15 is 0 Å². The van der Waals surface area contributed by atoms with Crippen LogP contribution in [0.25, 0.3) is 0 Å². The first-order chi connectivity index (χ1) is 7.78. The van der Waals surface area contributed by atoms with Crippen molar-refractivity contribution >= 4 is 11.8 Å². The normalized spacial score (nSPS) is 29.2. The zero-order valence-corrected chi connectivity index (χ0v) is 11.6. The van der Waals surface area contributed by atoms with Gasteiger partial charge in [-0.2, -0.15) is 11.8 Å². The van der Waals surface area contributed by atoms with Gasteiger partial charge in [-0.05, 0) is 51.4 Å². The molecule has 1 aliphatic carbocycles. The van der Waals surface area contributed by atoms with Crippen LogP contribution in [0.1, 0.15) is 39.0 Å². The molecule has 0 aromatic carbocycles. The van der Waals surface area contributed by atoms with Gasteiger partial charge in [0.1, 0.15) is 0 Å². The largest absolute Gasteiger partial charge is 0.310 e. The molecule has 16 heavy (non-hydrogen) atoms. The van der Waals surface area contributed by atoms with E-state index in [-0.39, 0.29) is 0 Å². The standard InChI is InChI=1S/C13H26N2S/c1-11(16-2)7-9-15-8-3-4-13(10-15)14-12-5-6-12/h11-14H,3-10H2,1-2H3. The fourth-order valence-electron chi connectivity index (χ4n) is 2.46. The average molecular weight is 242 g/mol. The SMILES string of the molecule is CSC(C)CCN1CCCC(NC2CC2)C1. The Morgan fingerprint density at radius 2 is 2.12 bits per heavy atom. The fourth-order valence-corrected chi connectivity index (χ4v) is 2.80. The summed E-state index contributed by atoms with van der Waals surface area (Å²) in [4.78, 5) is 2.66. The molecular formula is C13H26N2S. The molecule has 2 unspecified atom stereocenters. The molecular weight excluding hydrogens is 216 g/mol. The van der Waals surface area contributed by atoms with Crippen LogP contribution >= 0.6 is 11.8 Å². The smallest absolute Gasteiger partial charge is 0.0198 e. The number of hydrogen-bond acceptors (Lipinski definition) is 3. The number of thioether (sulfide) groups is 1.